The summed E-state index contributed by atoms with van der Waals surface area (Å²) >= 11 is 0. The zero-order valence-corrected chi connectivity index (χ0v) is 10.5. The van der Waals surface area contributed by atoms with Crippen LogP contribution in [0.4, 0.5) is 0 Å². The van der Waals surface area contributed by atoms with E-state index in [1.807, 2.05) is 6.07 Å². The van der Waals surface area contributed by atoms with Gasteiger partial charge in [0.2, 0.25) is 0 Å². The number of hydrogen-bond acceptors (Lipinski definition) is 5. The molecule has 1 aromatic rings. The van der Waals surface area contributed by atoms with Gasteiger partial charge in [-0.05, 0) is 12.1 Å². The van der Waals surface area contributed by atoms with Crippen molar-refractivity contribution in [3.05, 3.63) is 23.8 Å². The van der Waals surface area contributed by atoms with E-state index >= 15 is 0 Å². The molecule has 0 aliphatic rings. The number of methoxy groups -OCH3 is 1. The molecule has 0 spiro atoms. The minimum absolute atomic E-state index is 0.0524. The second-order valence-electron chi connectivity index (χ2n) is 3.49. The number of nitriles is 1. The molecule has 0 aliphatic carbocycles. The number of benzene rings is 1. The Kier molecular flexibility index (Phi) is 4.35. The fourth-order valence-corrected chi connectivity index (χ4v) is 1.53. The normalized spacial score (nSPS) is 10.6. The van der Waals surface area contributed by atoms with Crippen LogP contribution in [0.15, 0.2) is 18.2 Å². The molecule has 0 atom stereocenters. The van der Waals surface area contributed by atoms with Crippen LogP contribution in [0.25, 0.3) is 0 Å². The number of hydrogen-bond donors (Lipinski definition) is 0. The fourth-order valence-electron chi connectivity index (χ4n) is 1.15. The lowest BCUT2D eigenvalue weighted by Crippen LogP contribution is -2.12. The summed E-state index contributed by atoms with van der Waals surface area (Å²) in [7, 11) is -1.56. The first-order valence-electron chi connectivity index (χ1n) is 4.84. The van der Waals surface area contributed by atoms with Gasteiger partial charge in [0.25, 0.3) is 0 Å². The lowest BCUT2D eigenvalue weighted by atomic mass is 10.2. The molecular formula is C11H13NO4S. The maximum Gasteiger partial charge on any atom is 0.150 e. The molecule has 5 nitrogen and oxygen atoms in total. The maximum absolute atomic E-state index is 10.9. The van der Waals surface area contributed by atoms with Crippen LogP contribution in [0, 0.1) is 11.3 Å². The Balaban J connectivity index is 2.74. The van der Waals surface area contributed by atoms with Gasteiger partial charge in [0.15, 0.2) is 9.84 Å². The third-order valence-electron chi connectivity index (χ3n) is 1.97. The zero-order valence-electron chi connectivity index (χ0n) is 9.63. The Hall–Kier alpha value is -1.74. The van der Waals surface area contributed by atoms with Crippen molar-refractivity contribution in [2.75, 3.05) is 25.7 Å². The molecule has 0 amide bonds. The fraction of sp³-hybridized carbons (Fsp3) is 0.364. The Morgan fingerprint density at radius 2 is 1.94 bits per heavy atom. The first kappa shape index (κ1) is 13.3. The highest BCUT2D eigenvalue weighted by Gasteiger charge is 2.05. The van der Waals surface area contributed by atoms with E-state index < -0.39 is 9.84 Å². The molecule has 1 aromatic carbocycles. The third kappa shape index (κ3) is 4.74. The summed E-state index contributed by atoms with van der Waals surface area (Å²) in [6, 6.07) is 6.68. The molecule has 0 N–H and O–H groups in total. The summed E-state index contributed by atoms with van der Waals surface area (Å²) in [4.78, 5) is 0. The topological polar surface area (TPSA) is 76.4 Å². The monoisotopic (exact) mass is 255 g/mol. The van der Waals surface area contributed by atoms with Crippen LogP contribution in [-0.4, -0.2) is 34.1 Å². The third-order valence-corrected chi connectivity index (χ3v) is 2.88. The van der Waals surface area contributed by atoms with Crippen molar-refractivity contribution >= 4 is 9.84 Å². The molecule has 6 heteroatoms. The van der Waals surface area contributed by atoms with Crippen LogP contribution in [0.3, 0.4) is 0 Å². The van der Waals surface area contributed by atoms with Crippen LogP contribution < -0.4 is 9.47 Å². The lowest BCUT2D eigenvalue weighted by Gasteiger charge is -2.07. The molecule has 17 heavy (non-hydrogen) atoms. The van der Waals surface area contributed by atoms with Crippen molar-refractivity contribution < 1.29 is 17.9 Å². The average Bonchev–Trinajstić information content (AvgIpc) is 2.26. The molecule has 0 heterocycles. The predicted octanol–water partition coefficient (Wildman–Crippen LogP) is 0.990. The summed E-state index contributed by atoms with van der Waals surface area (Å²) in [5, 5.41) is 8.78. The molecule has 0 saturated heterocycles. The SMILES string of the molecule is COc1cc(C#N)cc(OCCS(C)(=O)=O)c1. The second kappa shape index (κ2) is 5.55. The minimum Gasteiger partial charge on any atom is -0.497 e. The van der Waals surface area contributed by atoms with Crippen LogP contribution in [-0.2, 0) is 9.84 Å². The molecular weight excluding hydrogens is 242 g/mol. The van der Waals surface area contributed by atoms with Gasteiger partial charge in [-0.3, -0.25) is 0 Å². The van der Waals surface area contributed by atoms with Crippen molar-refractivity contribution in [2.45, 2.75) is 0 Å². The van der Waals surface area contributed by atoms with Gasteiger partial charge in [-0.15, -0.1) is 0 Å². The number of sulfone groups is 1. The Morgan fingerprint density at radius 3 is 2.47 bits per heavy atom. The standard InChI is InChI=1S/C11H13NO4S/c1-15-10-5-9(8-12)6-11(7-10)16-3-4-17(2,13)14/h5-7H,3-4H2,1-2H3. The quantitative estimate of drug-likeness (QED) is 0.784. The zero-order chi connectivity index (χ0) is 12.9. The van der Waals surface area contributed by atoms with Crippen molar-refractivity contribution in [3.8, 4) is 17.6 Å². The highest BCUT2D eigenvalue weighted by atomic mass is 32.2. The molecule has 0 bridgehead atoms. The van der Waals surface area contributed by atoms with Crippen LogP contribution in [0.1, 0.15) is 5.56 Å². The van der Waals surface area contributed by atoms with E-state index in [2.05, 4.69) is 0 Å². The van der Waals surface area contributed by atoms with Gasteiger partial charge in [-0.1, -0.05) is 0 Å². The highest BCUT2D eigenvalue weighted by molar-refractivity contribution is 7.90. The van der Waals surface area contributed by atoms with Crippen molar-refractivity contribution in [1.29, 1.82) is 5.26 Å². The average molecular weight is 255 g/mol. The number of rotatable bonds is 5. The second-order valence-corrected chi connectivity index (χ2v) is 5.75. The number of ether oxygens (including phenoxy) is 2. The van der Waals surface area contributed by atoms with Gasteiger partial charge >= 0.3 is 0 Å². The number of nitrogens with zero attached hydrogens (tertiary/aromatic N) is 1. The summed E-state index contributed by atoms with van der Waals surface area (Å²) in [6.45, 7) is 0.0524. The van der Waals surface area contributed by atoms with E-state index in [1.165, 1.54) is 13.2 Å². The van der Waals surface area contributed by atoms with E-state index in [4.69, 9.17) is 14.7 Å². The molecule has 0 radical (unpaired) electrons. The molecule has 1 rings (SSSR count). The molecule has 0 unspecified atom stereocenters. The van der Waals surface area contributed by atoms with E-state index in [-0.39, 0.29) is 12.4 Å². The molecule has 0 aliphatic heterocycles. The molecule has 0 aromatic heterocycles. The van der Waals surface area contributed by atoms with Crippen LogP contribution in [0.2, 0.25) is 0 Å². The van der Waals surface area contributed by atoms with Crippen molar-refractivity contribution in [3.63, 3.8) is 0 Å². The smallest absolute Gasteiger partial charge is 0.150 e. The van der Waals surface area contributed by atoms with Gasteiger partial charge < -0.3 is 9.47 Å². The predicted molar refractivity (Wildman–Crippen MR) is 62.9 cm³/mol. The van der Waals surface area contributed by atoms with Gasteiger partial charge in [0.05, 0.1) is 24.5 Å². The highest BCUT2D eigenvalue weighted by Crippen LogP contribution is 2.22. The van der Waals surface area contributed by atoms with Crippen molar-refractivity contribution in [2.24, 2.45) is 0 Å². The summed E-state index contributed by atoms with van der Waals surface area (Å²) in [6.07, 6.45) is 1.14. The van der Waals surface area contributed by atoms with Gasteiger partial charge in [-0.25, -0.2) is 8.42 Å². The molecule has 0 fully saturated rings. The molecule has 92 valence electrons. The summed E-state index contributed by atoms with van der Waals surface area (Å²) < 4.78 is 32.1. The van der Waals surface area contributed by atoms with Gasteiger partial charge in [0.1, 0.15) is 18.1 Å². The van der Waals surface area contributed by atoms with E-state index in [9.17, 15) is 8.42 Å². The van der Waals surface area contributed by atoms with E-state index in [0.717, 1.165) is 6.26 Å². The largest absolute Gasteiger partial charge is 0.497 e. The Morgan fingerprint density at radius 1 is 1.29 bits per heavy atom. The Labute approximate surface area is 101 Å². The lowest BCUT2D eigenvalue weighted by molar-refractivity contribution is 0.337. The van der Waals surface area contributed by atoms with Gasteiger partial charge in [0, 0.05) is 12.3 Å². The summed E-state index contributed by atoms with van der Waals surface area (Å²) in [5.41, 5.74) is 0.402. The van der Waals surface area contributed by atoms with Crippen LogP contribution >= 0.6 is 0 Å². The van der Waals surface area contributed by atoms with E-state index in [0.29, 0.717) is 17.1 Å². The molecule has 0 saturated carbocycles. The summed E-state index contributed by atoms with van der Waals surface area (Å²) in [5.74, 6) is 0.856. The maximum atomic E-state index is 10.9. The van der Waals surface area contributed by atoms with E-state index in [1.54, 1.807) is 12.1 Å². The van der Waals surface area contributed by atoms with Gasteiger partial charge in [-0.2, -0.15) is 5.26 Å². The van der Waals surface area contributed by atoms with Crippen molar-refractivity contribution in [1.82, 2.24) is 0 Å². The minimum atomic E-state index is -3.05. The first-order chi connectivity index (χ1) is 7.94. The Bertz CT molecular complexity index is 531. The van der Waals surface area contributed by atoms with Crippen LogP contribution in [0.5, 0.6) is 11.5 Å². The first-order valence-corrected chi connectivity index (χ1v) is 6.90.